The summed E-state index contributed by atoms with van der Waals surface area (Å²) in [5.74, 6) is 0. The molecule has 0 amide bonds. The van der Waals surface area contributed by atoms with Gasteiger partial charge in [-0.2, -0.15) is 16.6 Å². The van der Waals surface area contributed by atoms with Crippen molar-refractivity contribution in [3.63, 3.8) is 0 Å². The zero-order valence-electron chi connectivity index (χ0n) is 9.11. The second-order valence-electron chi connectivity index (χ2n) is 3.63. The Hall–Kier alpha value is -1.09. The second kappa shape index (κ2) is 5.50. The Balaban J connectivity index is 1.98. The molecule has 0 spiro atoms. The van der Waals surface area contributed by atoms with Gasteiger partial charge in [0, 0.05) is 6.04 Å². The van der Waals surface area contributed by atoms with Crippen LogP contribution in [0.25, 0.3) is 0 Å². The summed E-state index contributed by atoms with van der Waals surface area (Å²) in [7, 11) is 0. The molecule has 0 fully saturated rings. The molecule has 0 aliphatic heterocycles. The number of thiazole rings is 1. The van der Waals surface area contributed by atoms with Crippen molar-refractivity contribution < 1.29 is 0 Å². The largest absolute Gasteiger partial charge is 0.359 e. The zero-order chi connectivity index (χ0) is 12.3. The van der Waals surface area contributed by atoms with Crippen LogP contribution in [0.2, 0.25) is 5.15 Å². The van der Waals surface area contributed by atoms with E-state index in [1.54, 1.807) is 11.3 Å². The molecule has 2 heterocycles. The molecule has 3 nitrogen and oxygen atoms in total. The molecule has 2 aromatic rings. The van der Waals surface area contributed by atoms with Crippen molar-refractivity contribution in [3.05, 3.63) is 32.4 Å². The topological polar surface area (TPSA) is 48.7 Å². The predicted molar refractivity (Wildman–Crippen MR) is 72.9 cm³/mol. The molecule has 0 radical (unpaired) electrons. The Morgan fingerprint density at radius 2 is 2.47 bits per heavy atom. The molecule has 1 unspecified atom stereocenters. The first-order chi connectivity index (χ1) is 8.19. The van der Waals surface area contributed by atoms with E-state index in [0.29, 0.717) is 10.0 Å². The van der Waals surface area contributed by atoms with Crippen LogP contribution in [0, 0.1) is 11.3 Å². The lowest BCUT2D eigenvalue weighted by Crippen LogP contribution is -2.17. The number of halogens is 1. The average molecular weight is 284 g/mol. The van der Waals surface area contributed by atoms with Crippen LogP contribution >= 0.6 is 34.3 Å². The minimum atomic E-state index is 0.262. The normalized spacial score (nSPS) is 12.1. The van der Waals surface area contributed by atoms with Gasteiger partial charge in [0.15, 0.2) is 10.3 Å². The number of thiophene rings is 1. The van der Waals surface area contributed by atoms with Crippen LogP contribution in [0.5, 0.6) is 0 Å². The van der Waals surface area contributed by atoms with E-state index in [1.807, 2.05) is 6.07 Å². The van der Waals surface area contributed by atoms with Crippen LogP contribution in [0.1, 0.15) is 17.4 Å². The first kappa shape index (κ1) is 12.4. The molecule has 0 saturated heterocycles. The van der Waals surface area contributed by atoms with Crippen molar-refractivity contribution in [2.75, 3.05) is 5.32 Å². The third kappa shape index (κ3) is 3.19. The summed E-state index contributed by atoms with van der Waals surface area (Å²) < 4.78 is 0. The lowest BCUT2D eigenvalue weighted by atomic mass is 10.1. The number of nitrogens with one attached hydrogen (secondary N) is 1. The van der Waals surface area contributed by atoms with Crippen LogP contribution in [0.15, 0.2) is 16.8 Å². The quantitative estimate of drug-likeness (QED) is 0.929. The third-order valence-electron chi connectivity index (χ3n) is 2.18. The number of nitrogens with zero attached hydrogens (tertiary/aromatic N) is 2. The fraction of sp³-hybridized carbons (Fsp3) is 0.273. The van der Waals surface area contributed by atoms with Crippen LogP contribution in [-0.4, -0.2) is 11.0 Å². The minimum absolute atomic E-state index is 0.262. The van der Waals surface area contributed by atoms with E-state index in [1.165, 1.54) is 16.9 Å². The highest BCUT2D eigenvalue weighted by molar-refractivity contribution is 7.16. The van der Waals surface area contributed by atoms with Gasteiger partial charge in [0.25, 0.3) is 0 Å². The molecule has 0 saturated carbocycles. The van der Waals surface area contributed by atoms with Crippen molar-refractivity contribution in [1.29, 1.82) is 5.26 Å². The molecule has 0 bridgehead atoms. The zero-order valence-corrected chi connectivity index (χ0v) is 11.5. The van der Waals surface area contributed by atoms with E-state index in [-0.39, 0.29) is 11.2 Å². The monoisotopic (exact) mass is 283 g/mol. The Bertz CT molecular complexity index is 527. The molecule has 0 aliphatic carbocycles. The van der Waals surface area contributed by atoms with E-state index in [2.05, 4.69) is 34.1 Å². The lowest BCUT2D eigenvalue weighted by Gasteiger charge is -2.11. The molecule has 0 aromatic carbocycles. The number of rotatable bonds is 4. The molecule has 1 N–H and O–H groups in total. The van der Waals surface area contributed by atoms with Gasteiger partial charge in [-0.25, -0.2) is 4.98 Å². The lowest BCUT2D eigenvalue weighted by molar-refractivity contribution is 0.791. The number of hydrogen-bond acceptors (Lipinski definition) is 5. The molecule has 17 heavy (non-hydrogen) atoms. The maximum absolute atomic E-state index is 8.78. The second-order valence-corrected chi connectivity index (χ2v) is 5.77. The molecule has 6 heteroatoms. The molecular formula is C11H10ClN3S2. The van der Waals surface area contributed by atoms with Gasteiger partial charge < -0.3 is 5.32 Å². The maximum atomic E-state index is 8.78. The third-order valence-corrected chi connectivity index (χ3v) is 4.19. The summed E-state index contributed by atoms with van der Waals surface area (Å²) in [4.78, 5) is 4.56. The van der Waals surface area contributed by atoms with Gasteiger partial charge in [-0.1, -0.05) is 22.9 Å². The SMILES string of the molecule is CC(Cc1ccsc1)Nc1nc(Cl)c(C#N)s1. The minimum Gasteiger partial charge on any atom is -0.359 e. The average Bonchev–Trinajstić information content (AvgIpc) is 2.88. The Morgan fingerprint density at radius 1 is 1.65 bits per heavy atom. The van der Waals surface area contributed by atoms with Crippen LogP contribution in [0.4, 0.5) is 5.13 Å². The van der Waals surface area contributed by atoms with E-state index < -0.39 is 0 Å². The van der Waals surface area contributed by atoms with Crippen molar-refractivity contribution in [2.45, 2.75) is 19.4 Å². The maximum Gasteiger partial charge on any atom is 0.185 e. The van der Waals surface area contributed by atoms with Crippen molar-refractivity contribution in [3.8, 4) is 6.07 Å². The van der Waals surface area contributed by atoms with Crippen LogP contribution in [-0.2, 0) is 6.42 Å². The van der Waals surface area contributed by atoms with Gasteiger partial charge in [0.05, 0.1) is 0 Å². The Morgan fingerprint density at radius 3 is 3.06 bits per heavy atom. The van der Waals surface area contributed by atoms with Gasteiger partial charge in [-0.15, -0.1) is 0 Å². The molecule has 0 aliphatic rings. The van der Waals surface area contributed by atoms with Gasteiger partial charge in [-0.05, 0) is 35.7 Å². The smallest absolute Gasteiger partial charge is 0.185 e. The summed E-state index contributed by atoms with van der Waals surface area (Å²) in [5, 5.41) is 17.2. The van der Waals surface area contributed by atoms with Crippen LogP contribution < -0.4 is 5.32 Å². The summed E-state index contributed by atoms with van der Waals surface area (Å²) in [5.41, 5.74) is 1.30. The first-order valence-corrected chi connectivity index (χ1v) is 7.17. The fourth-order valence-corrected chi connectivity index (χ4v) is 3.20. The van der Waals surface area contributed by atoms with Crippen molar-refractivity contribution in [2.24, 2.45) is 0 Å². The number of nitriles is 1. The highest BCUT2D eigenvalue weighted by Crippen LogP contribution is 2.26. The fourth-order valence-electron chi connectivity index (χ4n) is 1.46. The summed E-state index contributed by atoms with van der Waals surface area (Å²) in [6.45, 7) is 2.08. The highest BCUT2D eigenvalue weighted by Gasteiger charge is 2.11. The Kier molecular flexibility index (Phi) is 4.00. The summed E-state index contributed by atoms with van der Waals surface area (Å²) >= 11 is 8.79. The molecule has 2 aromatic heterocycles. The van der Waals surface area contributed by atoms with Gasteiger partial charge in [0.1, 0.15) is 10.9 Å². The standard InChI is InChI=1S/C11H10ClN3S2/c1-7(4-8-2-3-16-6-8)14-11-15-10(12)9(5-13)17-11/h2-3,6-7H,4H2,1H3,(H,14,15). The van der Waals surface area contributed by atoms with Crippen molar-refractivity contribution >= 4 is 39.4 Å². The van der Waals surface area contributed by atoms with Gasteiger partial charge in [-0.3, -0.25) is 0 Å². The number of hydrogen-bond donors (Lipinski definition) is 1. The van der Waals surface area contributed by atoms with E-state index >= 15 is 0 Å². The highest BCUT2D eigenvalue weighted by atomic mass is 35.5. The summed E-state index contributed by atoms with van der Waals surface area (Å²) in [6, 6.07) is 4.39. The predicted octanol–water partition coefficient (Wildman–Crippen LogP) is 3.77. The van der Waals surface area contributed by atoms with E-state index in [4.69, 9.17) is 16.9 Å². The first-order valence-electron chi connectivity index (χ1n) is 5.03. The van der Waals surface area contributed by atoms with Gasteiger partial charge >= 0.3 is 0 Å². The Labute approximate surface area is 113 Å². The molecule has 1 atom stereocenters. The number of aromatic nitrogens is 1. The van der Waals surface area contributed by atoms with Gasteiger partial charge in [0.2, 0.25) is 0 Å². The molecule has 88 valence electrons. The van der Waals surface area contributed by atoms with E-state index in [9.17, 15) is 0 Å². The molecule has 2 rings (SSSR count). The molecular weight excluding hydrogens is 274 g/mol. The summed E-state index contributed by atoms with van der Waals surface area (Å²) in [6.07, 6.45) is 0.933. The van der Waals surface area contributed by atoms with Crippen molar-refractivity contribution in [1.82, 2.24) is 4.98 Å². The number of anilines is 1. The van der Waals surface area contributed by atoms with E-state index in [0.717, 1.165) is 6.42 Å². The van der Waals surface area contributed by atoms with Crippen LogP contribution in [0.3, 0.4) is 0 Å².